The Kier molecular flexibility index (Phi) is 3.61. The van der Waals surface area contributed by atoms with E-state index in [4.69, 9.17) is 5.84 Å². The average Bonchev–Trinajstić information content (AvgIpc) is 2.35. The van der Waals surface area contributed by atoms with Crippen LogP contribution in [0.15, 0.2) is 12.3 Å². The minimum Gasteiger partial charge on any atom is -0.358 e. The van der Waals surface area contributed by atoms with Crippen LogP contribution in [-0.2, 0) is 0 Å². The van der Waals surface area contributed by atoms with Gasteiger partial charge in [0.2, 0.25) is 0 Å². The molecular formula is C11H15N5O3. The first-order chi connectivity index (χ1) is 9.01. The highest BCUT2D eigenvalue weighted by atomic mass is 16.6. The number of anilines is 1. The van der Waals surface area contributed by atoms with Crippen LogP contribution < -0.4 is 16.6 Å². The summed E-state index contributed by atoms with van der Waals surface area (Å²) in [5.74, 6) is 5.11. The number of nitrogens with zero attached hydrogens (tertiary/aromatic N) is 2. The summed E-state index contributed by atoms with van der Waals surface area (Å²) in [6, 6.07) is 1.24. The third-order valence-electron chi connectivity index (χ3n) is 3.19. The highest BCUT2D eigenvalue weighted by molar-refractivity contribution is 6.00. The smallest absolute Gasteiger partial charge is 0.358 e. The second kappa shape index (κ2) is 5.19. The zero-order valence-electron chi connectivity index (χ0n) is 10.4. The summed E-state index contributed by atoms with van der Waals surface area (Å²) in [4.78, 5) is 25.7. The van der Waals surface area contributed by atoms with Gasteiger partial charge in [0, 0.05) is 6.04 Å². The van der Waals surface area contributed by atoms with Gasteiger partial charge in [-0.15, -0.1) is 0 Å². The molecule has 1 aromatic rings. The number of pyridine rings is 1. The van der Waals surface area contributed by atoms with Gasteiger partial charge in [0.15, 0.2) is 6.20 Å². The lowest BCUT2D eigenvalue weighted by Crippen LogP contribution is -2.43. The zero-order valence-corrected chi connectivity index (χ0v) is 10.4. The van der Waals surface area contributed by atoms with Gasteiger partial charge in [-0.1, -0.05) is 6.92 Å². The SMILES string of the molecule is CC1CC(NC(=O)c2cc([N+](=O)[O-])ncc2NN)C1. The fraction of sp³-hybridized carbons (Fsp3) is 0.455. The number of nitrogens with two attached hydrogens (primary N) is 1. The molecule has 0 bridgehead atoms. The molecule has 1 fully saturated rings. The molecule has 0 aromatic carbocycles. The van der Waals surface area contributed by atoms with Gasteiger partial charge < -0.3 is 20.9 Å². The lowest BCUT2D eigenvalue weighted by atomic mass is 9.82. The number of hydrazine groups is 1. The topological polar surface area (TPSA) is 123 Å². The minimum absolute atomic E-state index is 0.125. The summed E-state index contributed by atoms with van der Waals surface area (Å²) < 4.78 is 0. The van der Waals surface area contributed by atoms with Crippen molar-refractivity contribution in [3.8, 4) is 0 Å². The number of nitro groups is 1. The van der Waals surface area contributed by atoms with Crippen molar-refractivity contribution in [2.24, 2.45) is 11.8 Å². The summed E-state index contributed by atoms with van der Waals surface area (Å²) in [5.41, 5.74) is 2.70. The molecule has 0 radical (unpaired) electrons. The molecular weight excluding hydrogens is 250 g/mol. The highest BCUT2D eigenvalue weighted by Crippen LogP contribution is 2.27. The Bertz CT molecular complexity index is 513. The second-order valence-corrected chi connectivity index (χ2v) is 4.74. The third-order valence-corrected chi connectivity index (χ3v) is 3.19. The standard InChI is InChI=1S/C11H15N5O3/c1-6-2-7(3-6)14-11(17)8-4-10(16(18)19)13-5-9(8)15-12/h4-7,15H,2-3,12H2,1H3,(H,14,17). The molecule has 4 N–H and O–H groups in total. The van der Waals surface area contributed by atoms with Crippen LogP contribution in [0.2, 0.25) is 0 Å². The molecule has 0 atom stereocenters. The van der Waals surface area contributed by atoms with Crippen molar-refractivity contribution in [1.29, 1.82) is 0 Å². The van der Waals surface area contributed by atoms with E-state index in [1.54, 1.807) is 0 Å². The van der Waals surface area contributed by atoms with Crippen molar-refractivity contribution in [3.63, 3.8) is 0 Å². The molecule has 0 spiro atoms. The van der Waals surface area contributed by atoms with Gasteiger partial charge >= 0.3 is 5.82 Å². The third kappa shape index (κ3) is 2.79. The maximum atomic E-state index is 12.1. The van der Waals surface area contributed by atoms with Crippen LogP contribution in [0.5, 0.6) is 0 Å². The summed E-state index contributed by atoms with van der Waals surface area (Å²) in [6.07, 6.45) is 3.02. The molecule has 1 aliphatic rings. The van der Waals surface area contributed by atoms with E-state index in [1.165, 1.54) is 6.20 Å². The van der Waals surface area contributed by atoms with Crippen LogP contribution in [0.1, 0.15) is 30.1 Å². The van der Waals surface area contributed by atoms with E-state index in [-0.39, 0.29) is 29.0 Å². The van der Waals surface area contributed by atoms with Gasteiger partial charge in [-0.05, 0) is 28.7 Å². The Morgan fingerprint density at radius 1 is 1.58 bits per heavy atom. The van der Waals surface area contributed by atoms with Crippen molar-refractivity contribution in [2.75, 3.05) is 5.43 Å². The Labute approximate surface area is 109 Å². The van der Waals surface area contributed by atoms with Gasteiger partial charge in [0.1, 0.15) is 5.69 Å². The first-order valence-corrected chi connectivity index (χ1v) is 5.93. The molecule has 1 aromatic heterocycles. The van der Waals surface area contributed by atoms with Gasteiger partial charge in [-0.2, -0.15) is 0 Å². The van der Waals surface area contributed by atoms with Gasteiger partial charge in [-0.25, -0.2) is 0 Å². The van der Waals surface area contributed by atoms with Crippen LogP contribution >= 0.6 is 0 Å². The lowest BCUT2D eigenvalue weighted by molar-refractivity contribution is -0.389. The van der Waals surface area contributed by atoms with E-state index in [0.29, 0.717) is 5.92 Å². The molecule has 19 heavy (non-hydrogen) atoms. The van der Waals surface area contributed by atoms with E-state index in [9.17, 15) is 14.9 Å². The maximum absolute atomic E-state index is 12.1. The van der Waals surface area contributed by atoms with E-state index in [1.807, 2.05) is 0 Å². The molecule has 1 saturated carbocycles. The molecule has 0 aliphatic heterocycles. The van der Waals surface area contributed by atoms with E-state index in [2.05, 4.69) is 22.7 Å². The molecule has 0 unspecified atom stereocenters. The number of rotatable bonds is 4. The van der Waals surface area contributed by atoms with Crippen LogP contribution in [0, 0.1) is 16.0 Å². The summed E-state index contributed by atoms with van der Waals surface area (Å²) >= 11 is 0. The molecule has 102 valence electrons. The number of hydrogen-bond acceptors (Lipinski definition) is 6. The quantitative estimate of drug-likeness (QED) is 0.420. The van der Waals surface area contributed by atoms with Crippen LogP contribution in [0.4, 0.5) is 11.5 Å². The highest BCUT2D eigenvalue weighted by Gasteiger charge is 2.28. The van der Waals surface area contributed by atoms with E-state index in [0.717, 1.165) is 18.9 Å². The number of amides is 1. The van der Waals surface area contributed by atoms with Crippen LogP contribution in [0.25, 0.3) is 0 Å². The van der Waals surface area contributed by atoms with Crippen molar-refractivity contribution in [3.05, 3.63) is 27.9 Å². The predicted octanol–water partition coefficient (Wildman–Crippen LogP) is 0.804. The largest absolute Gasteiger partial charge is 0.364 e. The number of carbonyl (C=O) groups is 1. The zero-order chi connectivity index (χ0) is 14.0. The molecule has 2 rings (SSSR count). The number of hydrogen-bond donors (Lipinski definition) is 3. The van der Waals surface area contributed by atoms with Crippen molar-refractivity contribution in [1.82, 2.24) is 10.3 Å². The number of carbonyl (C=O) groups excluding carboxylic acids is 1. The molecule has 1 aliphatic carbocycles. The van der Waals surface area contributed by atoms with Gasteiger partial charge in [0.25, 0.3) is 5.91 Å². The average molecular weight is 265 g/mol. The lowest BCUT2D eigenvalue weighted by Gasteiger charge is -2.33. The first kappa shape index (κ1) is 13.2. The first-order valence-electron chi connectivity index (χ1n) is 5.93. The summed E-state index contributed by atoms with van der Waals surface area (Å²) in [7, 11) is 0. The Hall–Kier alpha value is -2.22. The van der Waals surface area contributed by atoms with E-state index < -0.39 is 4.92 Å². The molecule has 1 heterocycles. The second-order valence-electron chi connectivity index (χ2n) is 4.74. The van der Waals surface area contributed by atoms with Crippen molar-refractivity contribution < 1.29 is 9.72 Å². The predicted molar refractivity (Wildman–Crippen MR) is 68.4 cm³/mol. The van der Waals surface area contributed by atoms with Crippen molar-refractivity contribution in [2.45, 2.75) is 25.8 Å². The normalized spacial score (nSPS) is 21.4. The fourth-order valence-electron chi connectivity index (χ4n) is 2.13. The Balaban J connectivity index is 2.18. The minimum atomic E-state index is -0.650. The Morgan fingerprint density at radius 2 is 2.26 bits per heavy atom. The monoisotopic (exact) mass is 265 g/mol. The Morgan fingerprint density at radius 3 is 2.79 bits per heavy atom. The summed E-state index contributed by atoms with van der Waals surface area (Å²) in [5, 5.41) is 13.5. The van der Waals surface area contributed by atoms with Crippen LogP contribution in [0.3, 0.4) is 0 Å². The number of aromatic nitrogens is 1. The number of nitrogens with one attached hydrogen (secondary N) is 2. The fourth-order valence-corrected chi connectivity index (χ4v) is 2.13. The van der Waals surface area contributed by atoms with Gasteiger partial charge in [0.05, 0.1) is 11.6 Å². The van der Waals surface area contributed by atoms with Crippen LogP contribution in [-0.4, -0.2) is 21.9 Å². The summed E-state index contributed by atoms with van der Waals surface area (Å²) in [6.45, 7) is 2.10. The van der Waals surface area contributed by atoms with Gasteiger partial charge in [-0.3, -0.25) is 10.6 Å². The molecule has 8 heteroatoms. The molecule has 0 saturated heterocycles. The molecule has 1 amide bonds. The maximum Gasteiger partial charge on any atom is 0.364 e. The van der Waals surface area contributed by atoms with Crippen molar-refractivity contribution >= 4 is 17.4 Å². The number of nitrogen functional groups attached to an aromatic ring is 1. The molecule has 8 nitrogen and oxygen atoms in total. The van der Waals surface area contributed by atoms with E-state index >= 15 is 0 Å².